The molecule has 0 spiro atoms. The number of benzene rings is 1. The molecule has 0 amide bonds. The fourth-order valence-corrected chi connectivity index (χ4v) is 2.43. The minimum atomic E-state index is -4.45. The lowest BCUT2D eigenvalue weighted by Crippen LogP contribution is -2.32. The summed E-state index contributed by atoms with van der Waals surface area (Å²) in [7, 11) is 0. The third-order valence-corrected chi connectivity index (χ3v) is 3.76. The minimum Gasteiger partial charge on any atom is -0.484 e. The lowest BCUT2D eigenvalue weighted by Gasteiger charge is -2.21. The van der Waals surface area contributed by atoms with Crippen LogP contribution in [0.1, 0.15) is 11.7 Å². The smallest absolute Gasteiger partial charge is 0.422 e. The van der Waals surface area contributed by atoms with Crippen LogP contribution in [0, 0.1) is 0 Å². The fourth-order valence-electron chi connectivity index (χ4n) is 2.43. The van der Waals surface area contributed by atoms with E-state index in [4.69, 9.17) is 0 Å². The van der Waals surface area contributed by atoms with E-state index < -0.39 is 31.4 Å². The largest absolute Gasteiger partial charge is 0.484 e. The molecule has 2 aromatic heterocycles. The van der Waals surface area contributed by atoms with E-state index in [2.05, 4.69) is 30.2 Å². The van der Waals surface area contributed by atoms with Gasteiger partial charge in [0, 0.05) is 5.56 Å². The molecule has 13 heteroatoms. The highest BCUT2D eigenvalue weighted by atomic mass is 19.4. The number of alkyl halides is 5. The molecule has 3 aromatic rings. The molecule has 2 atom stereocenters. The van der Waals surface area contributed by atoms with Crippen molar-refractivity contribution in [1.82, 2.24) is 30.2 Å². The number of aromatic nitrogens is 6. The molecule has 2 heterocycles. The second kappa shape index (κ2) is 8.43. The Bertz CT molecular complexity index is 903. The highest BCUT2D eigenvalue weighted by Gasteiger charge is 2.33. The van der Waals surface area contributed by atoms with Crippen molar-refractivity contribution in [1.29, 1.82) is 0 Å². The third-order valence-electron chi connectivity index (χ3n) is 3.76. The predicted molar refractivity (Wildman–Crippen MR) is 87.0 cm³/mol. The van der Waals surface area contributed by atoms with Crippen LogP contribution in [-0.4, -0.2) is 60.6 Å². The standard InChI is InChI=1S/C16H13F5N6O2/c17-15(18)14(28)13(27-8-24-25-26-27)12-6-22-11(5-23-12)9-1-3-10(4-2-9)29-7-16(19,20)21/h1-6,8,13-15,28H,7H2. The summed E-state index contributed by atoms with van der Waals surface area (Å²) < 4.78 is 68.1. The Kier molecular flexibility index (Phi) is 5.96. The maximum atomic E-state index is 13.0. The van der Waals surface area contributed by atoms with E-state index >= 15 is 0 Å². The van der Waals surface area contributed by atoms with E-state index in [1.54, 1.807) is 0 Å². The van der Waals surface area contributed by atoms with Crippen molar-refractivity contribution in [2.45, 2.75) is 24.7 Å². The number of hydrogen-bond donors (Lipinski definition) is 1. The summed E-state index contributed by atoms with van der Waals surface area (Å²) in [6.45, 7) is -1.41. The van der Waals surface area contributed by atoms with E-state index in [1.165, 1.54) is 36.7 Å². The van der Waals surface area contributed by atoms with E-state index in [9.17, 15) is 27.1 Å². The van der Waals surface area contributed by atoms with Gasteiger partial charge in [-0.2, -0.15) is 13.2 Å². The maximum Gasteiger partial charge on any atom is 0.422 e. The molecule has 0 fully saturated rings. The van der Waals surface area contributed by atoms with Crippen LogP contribution in [-0.2, 0) is 0 Å². The summed E-state index contributed by atoms with van der Waals surface area (Å²) in [6, 6.07) is 4.26. The molecule has 29 heavy (non-hydrogen) atoms. The first-order valence-corrected chi connectivity index (χ1v) is 8.05. The molecule has 0 aliphatic carbocycles. The van der Waals surface area contributed by atoms with E-state index in [0.29, 0.717) is 11.3 Å². The van der Waals surface area contributed by atoms with E-state index in [1.807, 2.05) is 0 Å². The lowest BCUT2D eigenvalue weighted by atomic mass is 10.1. The SMILES string of the molecule is OC(C(F)F)C(c1cnc(-c2ccc(OCC(F)(F)F)cc2)cn1)n1cnnn1. The van der Waals surface area contributed by atoms with Gasteiger partial charge in [-0.1, -0.05) is 0 Å². The molecule has 0 bridgehead atoms. The molecule has 3 rings (SSSR count). The van der Waals surface area contributed by atoms with Gasteiger partial charge in [-0.25, -0.2) is 13.5 Å². The van der Waals surface area contributed by atoms with Gasteiger partial charge in [-0.05, 0) is 34.7 Å². The summed E-state index contributed by atoms with van der Waals surface area (Å²) in [4.78, 5) is 8.17. The molecule has 2 unspecified atom stereocenters. The summed E-state index contributed by atoms with van der Waals surface area (Å²) >= 11 is 0. The van der Waals surface area contributed by atoms with Gasteiger partial charge in [0.2, 0.25) is 0 Å². The highest BCUT2D eigenvalue weighted by Crippen LogP contribution is 2.26. The normalized spacial score (nSPS) is 14.0. The summed E-state index contributed by atoms with van der Waals surface area (Å²) in [5.41, 5.74) is 0.842. The average molecular weight is 416 g/mol. The molecule has 1 N–H and O–H groups in total. The van der Waals surface area contributed by atoms with Gasteiger partial charge in [-0.15, -0.1) is 5.10 Å². The number of tetrazole rings is 1. The van der Waals surface area contributed by atoms with Crippen molar-refractivity contribution in [2.24, 2.45) is 0 Å². The molecular formula is C16H13F5N6O2. The minimum absolute atomic E-state index is 0.000944. The first kappa shape index (κ1) is 20.5. The number of aliphatic hydroxyl groups is 1. The molecule has 0 aliphatic rings. The Balaban J connectivity index is 1.78. The Morgan fingerprint density at radius 1 is 1.07 bits per heavy atom. The van der Waals surface area contributed by atoms with Crippen LogP contribution in [0.15, 0.2) is 43.0 Å². The van der Waals surface area contributed by atoms with E-state index in [-0.39, 0.29) is 11.4 Å². The first-order valence-electron chi connectivity index (χ1n) is 8.05. The van der Waals surface area contributed by atoms with Gasteiger partial charge >= 0.3 is 6.18 Å². The monoisotopic (exact) mass is 416 g/mol. The molecular weight excluding hydrogens is 403 g/mol. The molecule has 0 saturated heterocycles. The Labute approximate surface area is 160 Å². The zero-order valence-corrected chi connectivity index (χ0v) is 14.4. The summed E-state index contributed by atoms with van der Waals surface area (Å²) in [6.07, 6.45) is -6.12. The highest BCUT2D eigenvalue weighted by molar-refractivity contribution is 5.59. The molecule has 154 valence electrons. The van der Waals surface area contributed by atoms with Gasteiger partial charge < -0.3 is 9.84 Å². The summed E-state index contributed by atoms with van der Waals surface area (Å²) in [5.74, 6) is 0.0226. The van der Waals surface area contributed by atoms with Crippen LogP contribution in [0.3, 0.4) is 0 Å². The number of halogens is 5. The van der Waals surface area contributed by atoms with Crippen molar-refractivity contribution in [3.8, 4) is 17.0 Å². The average Bonchev–Trinajstić information content (AvgIpc) is 3.21. The molecule has 1 aromatic carbocycles. The predicted octanol–water partition coefficient (Wildman–Crippen LogP) is 2.29. The number of hydrogen-bond acceptors (Lipinski definition) is 7. The van der Waals surface area contributed by atoms with Crippen LogP contribution in [0.4, 0.5) is 22.0 Å². The summed E-state index contributed by atoms with van der Waals surface area (Å²) in [5, 5.41) is 20.0. The van der Waals surface area contributed by atoms with Crippen molar-refractivity contribution in [3.63, 3.8) is 0 Å². The van der Waals surface area contributed by atoms with Gasteiger partial charge in [0.15, 0.2) is 6.61 Å². The van der Waals surface area contributed by atoms with Gasteiger partial charge in [0.25, 0.3) is 6.43 Å². The third kappa shape index (κ3) is 5.19. The van der Waals surface area contributed by atoms with Crippen LogP contribution >= 0.6 is 0 Å². The molecule has 0 aliphatic heterocycles. The zero-order valence-electron chi connectivity index (χ0n) is 14.4. The fraction of sp³-hybridized carbons (Fsp3) is 0.312. The molecule has 8 nitrogen and oxygen atoms in total. The number of ether oxygens (including phenoxy) is 1. The first-order chi connectivity index (χ1) is 13.7. The van der Waals surface area contributed by atoms with Crippen molar-refractivity contribution < 1.29 is 31.8 Å². The van der Waals surface area contributed by atoms with E-state index in [0.717, 1.165) is 11.0 Å². The van der Waals surface area contributed by atoms with Crippen LogP contribution in [0.2, 0.25) is 0 Å². The second-order valence-corrected chi connectivity index (χ2v) is 5.81. The number of rotatable bonds is 7. The number of nitrogens with zero attached hydrogens (tertiary/aromatic N) is 6. The van der Waals surface area contributed by atoms with Crippen LogP contribution in [0.5, 0.6) is 5.75 Å². The molecule has 0 saturated carbocycles. The Morgan fingerprint density at radius 2 is 1.79 bits per heavy atom. The van der Waals surface area contributed by atoms with Crippen molar-refractivity contribution in [3.05, 3.63) is 48.7 Å². The zero-order chi connectivity index (χ0) is 21.0. The van der Waals surface area contributed by atoms with Crippen LogP contribution in [0.25, 0.3) is 11.3 Å². The van der Waals surface area contributed by atoms with Crippen molar-refractivity contribution >= 4 is 0 Å². The lowest BCUT2D eigenvalue weighted by molar-refractivity contribution is -0.153. The Hall–Kier alpha value is -3.22. The van der Waals surface area contributed by atoms with Crippen LogP contribution < -0.4 is 4.74 Å². The molecule has 0 radical (unpaired) electrons. The number of aliphatic hydroxyl groups excluding tert-OH is 1. The Morgan fingerprint density at radius 3 is 2.31 bits per heavy atom. The maximum absolute atomic E-state index is 13.0. The van der Waals surface area contributed by atoms with Gasteiger partial charge in [0.1, 0.15) is 24.2 Å². The van der Waals surface area contributed by atoms with Gasteiger partial charge in [0.05, 0.1) is 23.8 Å². The second-order valence-electron chi connectivity index (χ2n) is 5.81. The van der Waals surface area contributed by atoms with Crippen molar-refractivity contribution in [2.75, 3.05) is 6.61 Å². The van der Waals surface area contributed by atoms with Gasteiger partial charge in [-0.3, -0.25) is 9.97 Å². The topological polar surface area (TPSA) is 98.8 Å². The quantitative estimate of drug-likeness (QED) is 0.590.